The Kier molecular flexibility index (Phi) is 3.91. The summed E-state index contributed by atoms with van der Waals surface area (Å²) in [6.07, 6.45) is -18.8. The maximum absolute atomic E-state index is 12.9. The Bertz CT molecular complexity index is 491. The maximum atomic E-state index is 12.9. The summed E-state index contributed by atoms with van der Waals surface area (Å²) in [5.74, 6) is -5.86. The van der Waals surface area contributed by atoms with E-state index in [2.05, 4.69) is 9.47 Å². The van der Waals surface area contributed by atoms with E-state index in [1.54, 1.807) is 0 Å². The molecule has 0 spiro atoms. The predicted molar refractivity (Wildman–Crippen MR) is 60.4 cm³/mol. The van der Waals surface area contributed by atoms with Crippen molar-refractivity contribution >= 4 is 0 Å². The summed E-state index contributed by atoms with van der Waals surface area (Å²) in [6, 6.07) is 0. The molecule has 1 N–H and O–H groups in total. The molecule has 3 rings (SSSR count). The van der Waals surface area contributed by atoms with Gasteiger partial charge in [-0.15, -0.1) is 0 Å². The van der Waals surface area contributed by atoms with Crippen molar-refractivity contribution in [3.63, 3.8) is 0 Å². The van der Waals surface area contributed by atoms with Gasteiger partial charge in [-0.2, -0.15) is 26.3 Å². The third-order valence-electron chi connectivity index (χ3n) is 3.93. The molecule has 0 radical (unpaired) electrons. The summed E-state index contributed by atoms with van der Waals surface area (Å²) in [5.41, 5.74) is 0. The predicted octanol–water partition coefficient (Wildman–Crippen LogP) is 1.46. The molecule has 0 bridgehead atoms. The zero-order valence-corrected chi connectivity index (χ0v) is 12.4. The first-order valence-corrected chi connectivity index (χ1v) is 6.92. The van der Waals surface area contributed by atoms with Crippen LogP contribution in [0, 0.1) is 0 Å². The van der Waals surface area contributed by atoms with Gasteiger partial charge >= 0.3 is 18.1 Å². The van der Waals surface area contributed by atoms with Crippen LogP contribution in [0.3, 0.4) is 0 Å². The molecule has 12 heteroatoms. The lowest BCUT2D eigenvalue weighted by Crippen LogP contribution is -2.58. The second kappa shape index (κ2) is 5.17. The van der Waals surface area contributed by atoms with E-state index in [1.807, 2.05) is 0 Å². The van der Waals surface area contributed by atoms with Crippen molar-refractivity contribution in [2.75, 3.05) is 6.61 Å². The Hall–Kier alpha value is -0.660. The first-order chi connectivity index (χ1) is 10.8. The van der Waals surface area contributed by atoms with Gasteiger partial charge in [-0.1, -0.05) is 0 Å². The molecule has 0 amide bonds. The molecule has 0 saturated carbocycles. The van der Waals surface area contributed by atoms with E-state index < -0.39 is 61.2 Å². The van der Waals surface area contributed by atoms with Gasteiger partial charge in [0.25, 0.3) is 0 Å². The molecular weight excluding hydrogens is 354 g/mol. The van der Waals surface area contributed by atoms with Crippen LogP contribution in [0.4, 0.5) is 26.3 Å². The van der Waals surface area contributed by atoms with Gasteiger partial charge in [0.05, 0.1) is 6.61 Å². The topological polar surface area (TPSA) is 66.4 Å². The Labute approximate surface area is 131 Å². The standard InChI is InChI=1S/C12H14F6O6/c1-9(2)23-7-5(19)6(21-8(7)24-9)4-3-20-10(22-4,11(13,14)15)12(16,17)18/h4-8,19H,3H2,1-2H3/t4-,5+,6-,7-,8-/m1/s1. The van der Waals surface area contributed by atoms with E-state index in [9.17, 15) is 31.4 Å². The molecule has 5 atom stereocenters. The number of alkyl halides is 6. The number of aliphatic hydroxyl groups is 1. The fraction of sp³-hybridized carbons (Fsp3) is 1.00. The van der Waals surface area contributed by atoms with E-state index in [4.69, 9.17) is 14.2 Å². The first-order valence-electron chi connectivity index (χ1n) is 6.92. The average Bonchev–Trinajstić information content (AvgIpc) is 3.01. The molecule has 0 aliphatic carbocycles. The zero-order valence-electron chi connectivity index (χ0n) is 12.4. The van der Waals surface area contributed by atoms with Gasteiger partial charge in [0.1, 0.15) is 24.4 Å². The van der Waals surface area contributed by atoms with Crippen LogP contribution < -0.4 is 0 Å². The Morgan fingerprint density at radius 2 is 1.50 bits per heavy atom. The lowest BCUT2D eigenvalue weighted by Gasteiger charge is -2.32. The number of rotatable bonds is 1. The van der Waals surface area contributed by atoms with E-state index >= 15 is 0 Å². The number of ether oxygens (including phenoxy) is 5. The van der Waals surface area contributed by atoms with Gasteiger partial charge in [-0.05, 0) is 13.8 Å². The molecule has 3 heterocycles. The number of aliphatic hydroxyl groups excluding tert-OH is 1. The summed E-state index contributed by atoms with van der Waals surface area (Å²) in [4.78, 5) is 0. The van der Waals surface area contributed by atoms with Crippen LogP contribution in [-0.4, -0.2) is 66.3 Å². The lowest BCUT2D eigenvalue weighted by molar-refractivity contribution is -0.445. The molecule has 0 aromatic carbocycles. The minimum atomic E-state index is -5.85. The van der Waals surface area contributed by atoms with Crippen LogP contribution in [0.5, 0.6) is 0 Å². The van der Waals surface area contributed by atoms with Crippen molar-refractivity contribution in [2.45, 2.75) is 68.5 Å². The number of hydrogen-bond donors (Lipinski definition) is 1. The quantitative estimate of drug-likeness (QED) is 0.707. The molecule has 0 aromatic rings. The summed E-state index contributed by atoms with van der Waals surface area (Å²) in [7, 11) is 0. The van der Waals surface area contributed by atoms with Crippen LogP contribution >= 0.6 is 0 Å². The molecule has 0 aromatic heterocycles. The first kappa shape index (κ1) is 18.1. The molecule has 24 heavy (non-hydrogen) atoms. The summed E-state index contributed by atoms with van der Waals surface area (Å²) < 4.78 is 101. The molecule has 6 nitrogen and oxygen atoms in total. The van der Waals surface area contributed by atoms with Crippen LogP contribution in [0.1, 0.15) is 13.8 Å². The highest BCUT2D eigenvalue weighted by Crippen LogP contribution is 2.51. The SMILES string of the molecule is CC1(C)O[C@H]2O[C@H]([C@H]3COC(C(F)(F)F)(C(F)(F)F)O3)[C@H](O)[C@H]2O1. The van der Waals surface area contributed by atoms with Gasteiger partial charge in [-0.3, -0.25) is 0 Å². The number of hydrogen-bond acceptors (Lipinski definition) is 6. The van der Waals surface area contributed by atoms with Crippen molar-refractivity contribution in [1.29, 1.82) is 0 Å². The molecular formula is C12H14F6O6. The minimum Gasteiger partial charge on any atom is -0.387 e. The van der Waals surface area contributed by atoms with Crippen LogP contribution in [0.25, 0.3) is 0 Å². The fourth-order valence-corrected chi connectivity index (χ4v) is 2.92. The third-order valence-corrected chi connectivity index (χ3v) is 3.93. The van der Waals surface area contributed by atoms with Gasteiger partial charge in [0.2, 0.25) is 0 Å². The normalized spacial score (nSPS) is 41.6. The van der Waals surface area contributed by atoms with Crippen molar-refractivity contribution < 1.29 is 55.1 Å². The van der Waals surface area contributed by atoms with Crippen molar-refractivity contribution in [3.05, 3.63) is 0 Å². The molecule has 0 unspecified atom stereocenters. The summed E-state index contributed by atoms with van der Waals surface area (Å²) in [6.45, 7) is 1.97. The third kappa shape index (κ3) is 2.59. The average molecular weight is 368 g/mol. The smallest absolute Gasteiger partial charge is 0.387 e. The highest BCUT2D eigenvalue weighted by Gasteiger charge is 2.78. The molecule has 3 saturated heterocycles. The maximum Gasteiger partial charge on any atom is 0.453 e. The monoisotopic (exact) mass is 368 g/mol. The van der Waals surface area contributed by atoms with Gasteiger partial charge in [0, 0.05) is 0 Å². The highest BCUT2D eigenvalue weighted by atomic mass is 19.4. The molecule has 3 aliphatic rings. The van der Waals surface area contributed by atoms with Crippen LogP contribution in [-0.2, 0) is 23.7 Å². The molecule has 3 aliphatic heterocycles. The fourth-order valence-electron chi connectivity index (χ4n) is 2.92. The van der Waals surface area contributed by atoms with Crippen molar-refractivity contribution in [3.8, 4) is 0 Å². The Morgan fingerprint density at radius 3 is 1.96 bits per heavy atom. The highest BCUT2D eigenvalue weighted by molar-refractivity contribution is 5.01. The van der Waals surface area contributed by atoms with E-state index in [1.165, 1.54) is 13.8 Å². The number of halogens is 6. The molecule has 3 fully saturated rings. The Balaban J connectivity index is 1.77. The largest absolute Gasteiger partial charge is 0.453 e. The zero-order chi connectivity index (χ0) is 18.1. The lowest BCUT2D eigenvalue weighted by atomic mass is 10.1. The Morgan fingerprint density at radius 1 is 0.917 bits per heavy atom. The van der Waals surface area contributed by atoms with Crippen LogP contribution in [0.2, 0.25) is 0 Å². The summed E-state index contributed by atoms with van der Waals surface area (Å²) >= 11 is 0. The molecule has 140 valence electrons. The van der Waals surface area contributed by atoms with E-state index in [-0.39, 0.29) is 0 Å². The number of fused-ring (bicyclic) bond motifs is 1. The van der Waals surface area contributed by atoms with Gasteiger partial charge < -0.3 is 28.8 Å². The van der Waals surface area contributed by atoms with Crippen molar-refractivity contribution in [2.24, 2.45) is 0 Å². The van der Waals surface area contributed by atoms with Gasteiger partial charge in [-0.25, -0.2) is 0 Å². The second-order valence-corrected chi connectivity index (χ2v) is 6.14. The minimum absolute atomic E-state index is 1.06. The second-order valence-electron chi connectivity index (χ2n) is 6.14. The van der Waals surface area contributed by atoms with Crippen molar-refractivity contribution in [1.82, 2.24) is 0 Å². The van der Waals surface area contributed by atoms with E-state index in [0.717, 1.165) is 0 Å². The van der Waals surface area contributed by atoms with Crippen LogP contribution in [0.15, 0.2) is 0 Å². The van der Waals surface area contributed by atoms with E-state index in [0.29, 0.717) is 0 Å². The van der Waals surface area contributed by atoms with Gasteiger partial charge in [0.15, 0.2) is 12.1 Å². The summed E-state index contributed by atoms with van der Waals surface area (Å²) in [5, 5.41) is 10.1.